The standard InChI is InChI=1S/C13H17FN2O2/c1-9-8-15-7-6-13(9,12(17)18)16-11-5-3-2-4-10(11)14/h2-5,9,15-16H,6-8H2,1H3,(H,17,18). The number of hydrogen-bond acceptors (Lipinski definition) is 3. The predicted octanol–water partition coefficient (Wildman–Crippen LogP) is 1.69. The van der Waals surface area contributed by atoms with Crippen LogP contribution in [0.1, 0.15) is 13.3 Å². The molecule has 98 valence electrons. The van der Waals surface area contributed by atoms with Gasteiger partial charge in [0.25, 0.3) is 0 Å². The van der Waals surface area contributed by atoms with Gasteiger partial charge in [-0.2, -0.15) is 0 Å². The third-order valence-electron chi connectivity index (χ3n) is 3.60. The molecule has 1 aromatic carbocycles. The fourth-order valence-corrected chi connectivity index (χ4v) is 2.38. The highest BCUT2D eigenvalue weighted by atomic mass is 19.1. The zero-order valence-corrected chi connectivity index (χ0v) is 10.2. The van der Waals surface area contributed by atoms with E-state index in [1.807, 2.05) is 6.92 Å². The number of nitrogens with one attached hydrogen (secondary N) is 2. The zero-order chi connectivity index (χ0) is 13.2. The molecule has 1 aromatic rings. The average Bonchev–Trinajstić information content (AvgIpc) is 2.34. The van der Waals surface area contributed by atoms with Crippen molar-refractivity contribution < 1.29 is 14.3 Å². The maximum absolute atomic E-state index is 13.6. The number of halogens is 1. The Kier molecular flexibility index (Phi) is 3.52. The van der Waals surface area contributed by atoms with Crippen molar-refractivity contribution >= 4 is 11.7 Å². The normalized spacial score (nSPS) is 27.8. The lowest BCUT2D eigenvalue weighted by Gasteiger charge is -2.40. The van der Waals surface area contributed by atoms with Crippen molar-refractivity contribution in [1.29, 1.82) is 0 Å². The van der Waals surface area contributed by atoms with Crippen molar-refractivity contribution in [3.8, 4) is 0 Å². The smallest absolute Gasteiger partial charge is 0.329 e. The highest BCUT2D eigenvalue weighted by molar-refractivity contribution is 5.83. The number of carboxylic acids is 1. The van der Waals surface area contributed by atoms with E-state index in [4.69, 9.17) is 0 Å². The second-order valence-electron chi connectivity index (χ2n) is 4.74. The van der Waals surface area contributed by atoms with Crippen molar-refractivity contribution in [1.82, 2.24) is 5.32 Å². The molecule has 18 heavy (non-hydrogen) atoms. The lowest BCUT2D eigenvalue weighted by Crippen LogP contribution is -2.59. The minimum absolute atomic E-state index is 0.122. The van der Waals surface area contributed by atoms with Crippen LogP contribution in [0.15, 0.2) is 24.3 Å². The molecule has 0 aliphatic carbocycles. The number of carbonyl (C=O) groups is 1. The van der Waals surface area contributed by atoms with Gasteiger partial charge >= 0.3 is 5.97 Å². The summed E-state index contributed by atoms with van der Waals surface area (Å²) in [6.45, 7) is 3.07. The summed E-state index contributed by atoms with van der Waals surface area (Å²) in [6, 6.07) is 6.16. The SMILES string of the molecule is CC1CNCCC1(Nc1ccccc1F)C(=O)O. The van der Waals surface area contributed by atoms with Crippen molar-refractivity contribution in [2.45, 2.75) is 18.9 Å². The Labute approximate surface area is 105 Å². The van der Waals surface area contributed by atoms with E-state index in [1.54, 1.807) is 18.2 Å². The van der Waals surface area contributed by atoms with Gasteiger partial charge in [-0.1, -0.05) is 19.1 Å². The van der Waals surface area contributed by atoms with Crippen LogP contribution in [0.25, 0.3) is 0 Å². The first-order valence-corrected chi connectivity index (χ1v) is 6.03. The number of anilines is 1. The van der Waals surface area contributed by atoms with Crippen molar-refractivity contribution in [2.24, 2.45) is 5.92 Å². The van der Waals surface area contributed by atoms with Crippen LogP contribution in [-0.2, 0) is 4.79 Å². The molecule has 2 atom stereocenters. The predicted molar refractivity (Wildman–Crippen MR) is 67.0 cm³/mol. The minimum Gasteiger partial charge on any atom is -0.479 e. The van der Waals surface area contributed by atoms with Gasteiger partial charge in [-0.05, 0) is 25.1 Å². The molecule has 0 saturated carbocycles. The Morgan fingerprint density at radius 1 is 1.56 bits per heavy atom. The topological polar surface area (TPSA) is 61.4 Å². The summed E-state index contributed by atoms with van der Waals surface area (Å²) < 4.78 is 13.6. The van der Waals surface area contributed by atoms with Crippen LogP contribution < -0.4 is 10.6 Å². The third-order valence-corrected chi connectivity index (χ3v) is 3.60. The van der Waals surface area contributed by atoms with Gasteiger partial charge in [0.1, 0.15) is 11.4 Å². The van der Waals surface area contributed by atoms with E-state index in [0.717, 1.165) is 0 Å². The summed E-state index contributed by atoms with van der Waals surface area (Å²) in [5.41, 5.74) is -0.860. The van der Waals surface area contributed by atoms with Crippen molar-refractivity contribution in [2.75, 3.05) is 18.4 Å². The van der Waals surface area contributed by atoms with Crippen molar-refractivity contribution in [3.63, 3.8) is 0 Å². The molecule has 3 N–H and O–H groups in total. The van der Waals surface area contributed by atoms with Gasteiger partial charge in [-0.3, -0.25) is 0 Å². The molecular formula is C13H17FN2O2. The fraction of sp³-hybridized carbons (Fsp3) is 0.462. The highest BCUT2D eigenvalue weighted by Gasteiger charge is 2.45. The Morgan fingerprint density at radius 2 is 2.28 bits per heavy atom. The molecule has 1 aliphatic rings. The molecule has 1 aliphatic heterocycles. The van der Waals surface area contributed by atoms with Crippen LogP contribution >= 0.6 is 0 Å². The van der Waals surface area contributed by atoms with Gasteiger partial charge in [-0.25, -0.2) is 9.18 Å². The fourth-order valence-electron chi connectivity index (χ4n) is 2.38. The van der Waals surface area contributed by atoms with Crippen LogP contribution in [0.5, 0.6) is 0 Å². The molecule has 0 bridgehead atoms. The van der Waals surface area contributed by atoms with E-state index in [2.05, 4.69) is 10.6 Å². The Morgan fingerprint density at radius 3 is 2.89 bits per heavy atom. The molecular weight excluding hydrogens is 235 g/mol. The van der Waals surface area contributed by atoms with Crippen molar-refractivity contribution in [3.05, 3.63) is 30.1 Å². The molecule has 2 rings (SSSR count). The maximum atomic E-state index is 13.6. The number of hydrogen-bond donors (Lipinski definition) is 3. The molecule has 0 amide bonds. The number of benzene rings is 1. The summed E-state index contributed by atoms with van der Waals surface area (Å²) in [7, 11) is 0. The molecule has 2 unspecified atom stereocenters. The Balaban J connectivity index is 2.32. The highest BCUT2D eigenvalue weighted by Crippen LogP contribution is 2.30. The Bertz CT molecular complexity index is 452. The number of piperidine rings is 1. The maximum Gasteiger partial charge on any atom is 0.329 e. The number of rotatable bonds is 3. The van der Waals surface area contributed by atoms with Gasteiger partial charge in [0.15, 0.2) is 0 Å². The minimum atomic E-state index is -1.10. The zero-order valence-electron chi connectivity index (χ0n) is 10.2. The number of aliphatic carboxylic acids is 1. The average molecular weight is 252 g/mol. The molecule has 0 spiro atoms. The van der Waals surface area contributed by atoms with E-state index < -0.39 is 17.3 Å². The number of carboxylic acid groups (broad SMARTS) is 1. The first-order chi connectivity index (χ1) is 8.56. The summed E-state index contributed by atoms with van der Waals surface area (Å²) in [5, 5.41) is 15.5. The lowest BCUT2D eigenvalue weighted by atomic mass is 9.79. The van der Waals surface area contributed by atoms with E-state index in [9.17, 15) is 14.3 Å². The monoisotopic (exact) mass is 252 g/mol. The molecule has 0 aromatic heterocycles. The molecule has 0 radical (unpaired) electrons. The molecule has 4 nitrogen and oxygen atoms in total. The van der Waals surface area contributed by atoms with Gasteiger partial charge in [-0.15, -0.1) is 0 Å². The Hall–Kier alpha value is -1.62. The van der Waals surface area contributed by atoms with E-state index in [-0.39, 0.29) is 11.6 Å². The van der Waals surface area contributed by atoms with Crippen LogP contribution in [0.3, 0.4) is 0 Å². The molecule has 1 saturated heterocycles. The quantitative estimate of drug-likeness (QED) is 0.766. The summed E-state index contributed by atoms with van der Waals surface area (Å²) >= 11 is 0. The first-order valence-electron chi connectivity index (χ1n) is 6.03. The second kappa shape index (κ2) is 4.94. The van der Waals surface area contributed by atoms with E-state index in [0.29, 0.717) is 19.5 Å². The summed E-state index contributed by atoms with van der Waals surface area (Å²) in [6.07, 6.45) is 0.428. The van der Waals surface area contributed by atoms with Gasteiger partial charge in [0.2, 0.25) is 0 Å². The lowest BCUT2D eigenvalue weighted by molar-refractivity contribution is -0.145. The third kappa shape index (κ3) is 2.18. The molecule has 5 heteroatoms. The number of para-hydroxylation sites is 1. The van der Waals surface area contributed by atoms with E-state index >= 15 is 0 Å². The summed E-state index contributed by atoms with van der Waals surface area (Å²) in [5.74, 6) is -1.48. The van der Waals surface area contributed by atoms with E-state index in [1.165, 1.54) is 6.07 Å². The van der Waals surface area contributed by atoms with Gasteiger partial charge in [0, 0.05) is 12.5 Å². The van der Waals surface area contributed by atoms with Gasteiger partial charge < -0.3 is 15.7 Å². The second-order valence-corrected chi connectivity index (χ2v) is 4.74. The van der Waals surface area contributed by atoms with Crippen LogP contribution in [-0.4, -0.2) is 29.7 Å². The van der Waals surface area contributed by atoms with Crippen LogP contribution in [0, 0.1) is 11.7 Å². The van der Waals surface area contributed by atoms with Crippen LogP contribution in [0.2, 0.25) is 0 Å². The summed E-state index contributed by atoms with van der Waals surface area (Å²) in [4.78, 5) is 11.6. The van der Waals surface area contributed by atoms with Crippen LogP contribution in [0.4, 0.5) is 10.1 Å². The first kappa shape index (κ1) is 12.8. The largest absolute Gasteiger partial charge is 0.479 e. The van der Waals surface area contributed by atoms with Gasteiger partial charge in [0.05, 0.1) is 5.69 Å². The molecule has 1 fully saturated rings. The molecule has 1 heterocycles.